The van der Waals surface area contributed by atoms with Gasteiger partial charge in [0.25, 0.3) is 0 Å². The minimum Gasteiger partial charge on any atom is -0.462 e. The summed E-state index contributed by atoms with van der Waals surface area (Å²) in [6.45, 7) is 5.29. The Morgan fingerprint density at radius 2 is 1.65 bits per heavy atom. The molecule has 0 spiro atoms. The Kier molecular flexibility index (Phi) is 13.7. The first-order valence-corrected chi connectivity index (χ1v) is 10.2. The average molecular weight is 390 g/mol. The summed E-state index contributed by atoms with van der Waals surface area (Å²) in [4.78, 5) is 46.7. The van der Waals surface area contributed by atoms with Crippen LogP contribution >= 0.6 is 11.8 Å². The van der Waals surface area contributed by atoms with Gasteiger partial charge in [0, 0.05) is 44.2 Å². The van der Waals surface area contributed by atoms with Gasteiger partial charge in [-0.15, -0.1) is 0 Å². The zero-order valence-electron chi connectivity index (χ0n) is 16.2. The summed E-state index contributed by atoms with van der Waals surface area (Å²) in [5.41, 5.74) is 0. The molecule has 0 aliphatic rings. The highest BCUT2D eigenvalue weighted by Crippen LogP contribution is 2.17. The Balaban J connectivity index is 4.62. The summed E-state index contributed by atoms with van der Waals surface area (Å²) < 4.78 is 10.3. The number of carbonyl (C=O) groups excluding carboxylic acids is 4. The van der Waals surface area contributed by atoms with Crippen molar-refractivity contribution in [1.29, 1.82) is 0 Å². The highest BCUT2D eigenvalue weighted by molar-refractivity contribution is 7.99. The van der Waals surface area contributed by atoms with Crippen molar-refractivity contribution in [3.63, 3.8) is 0 Å². The number of ketones is 1. The summed E-state index contributed by atoms with van der Waals surface area (Å²) in [6, 6.07) is 0. The van der Waals surface area contributed by atoms with E-state index in [1.54, 1.807) is 20.9 Å². The molecule has 0 aliphatic carbocycles. The van der Waals surface area contributed by atoms with E-state index in [0.29, 0.717) is 17.9 Å². The summed E-state index contributed by atoms with van der Waals surface area (Å²) in [7, 11) is 1.54. The van der Waals surface area contributed by atoms with Gasteiger partial charge in [-0.1, -0.05) is 20.8 Å². The Morgan fingerprint density at radius 1 is 1.00 bits per heavy atom. The lowest BCUT2D eigenvalue weighted by Crippen LogP contribution is -2.32. The molecule has 0 fully saturated rings. The van der Waals surface area contributed by atoms with Gasteiger partial charge in [0.15, 0.2) is 0 Å². The predicted octanol–water partition coefficient (Wildman–Crippen LogP) is 2.12. The Labute approximate surface area is 159 Å². The van der Waals surface area contributed by atoms with Crippen molar-refractivity contribution in [2.75, 3.05) is 25.2 Å². The molecule has 0 bridgehead atoms. The van der Waals surface area contributed by atoms with Crippen LogP contribution in [-0.2, 0) is 28.7 Å². The third-order valence-electron chi connectivity index (χ3n) is 3.55. The minimum absolute atomic E-state index is 0.00911. The highest BCUT2D eigenvalue weighted by Gasteiger charge is 2.22. The smallest absolute Gasteiger partial charge is 0.305 e. The standard InChI is InChI=1S/C18H31NO6S/c1-5-8-14(20)9-13(18(23)19-4)11-26-12-15(25-17(22)7-3)10-24-16(21)6-2/h13,15H,5-12H2,1-4H3,(H,19,23)/t13-,15?/m0/s1. The van der Waals surface area contributed by atoms with Crippen LogP contribution in [0.25, 0.3) is 0 Å². The van der Waals surface area contributed by atoms with Crippen molar-refractivity contribution < 1.29 is 28.7 Å². The Hall–Kier alpha value is -1.57. The number of Topliss-reactive ketones (excluding diaryl/α,β-unsaturated/α-hetero) is 1. The lowest BCUT2D eigenvalue weighted by atomic mass is 10.0. The van der Waals surface area contributed by atoms with Crippen LogP contribution in [0, 0.1) is 5.92 Å². The zero-order chi connectivity index (χ0) is 19.9. The van der Waals surface area contributed by atoms with Gasteiger partial charge < -0.3 is 14.8 Å². The van der Waals surface area contributed by atoms with Crippen LogP contribution in [0.15, 0.2) is 0 Å². The lowest BCUT2D eigenvalue weighted by molar-refractivity contribution is -0.157. The summed E-state index contributed by atoms with van der Waals surface area (Å²) in [5.74, 6) is -0.460. The van der Waals surface area contributed by atoms with Crippen molar-refractivity contribution in [3.05, 3.63) is 0 Å². The van der Waals surface area contributed by atoms with Crippen LogP contribution in [0.4, 0.5) is 0 Å². The SMILES string of the molecule is CCCC(=O)C[C@@H](CSCC(COC(=O)CC)OC(=O)CC)C(=O)NC. The Bertz CT molecular complexity index is 469. The molecule has 8 heteroatoms. The number of esters is 2. The number of carbonyl (C=O) groups is 4. The molecule has 0 aromatic rings. The quantitative estimate of drug-likeness (QED) is 0.454. The van der Waals surface area contributed by atoms with E-state index in [1.165, 1.54) is 11.8 Å². The normalized spacial score (nSPS) is 12.8. The lowest BCUT2D eigenvalue weighted by Gasteiger charge is -2.19. The number of amides is 1. The van der Waals surface area contributed by atoms with Crippen molar-refractivity contribution >= 4 is 35.4 Å². The molecular weight excluding hydrogens is 358 g/mol. The van der Waals surface area contributed by atoms with Crippen LogP contribution in [0.3, 0.4) is 0 Å². The van der Waals surface area contributed by atoms with Crippen LogP contribution in [0.2, 0.25) is 0 Å². The molecule has 1 N–H and O–H groups in total. The van der Waals surface area contributed by atoms with E-state index in [1.807, 2.05) is 6.92 Å². The molecule has 0 radical (unpaired) electrons. The molecule has 1 amide bonds. The van der Waals surface area contributed by atoms with Gasteiger partial charge in [-0.25, -0.2) is 0 Å². The second-order valence-electron chi connectivity index (χ2n) is 5.84. The minimum atomic E-state index is -0.570. The second-order valence-corrected chi connectivity index (χ2v) is 6.92. The maximum Gasteiger partial charge on any atom is 0.305 e. The van der Waals surface area contributed by atoms with Crippen molar-refractivity contribution in [2.45, 2.75) is 59.0 Å². The molecule has 0 saturated carbocycles. The van der Waals surface area contributed by atoms with Gasteiger partial charge in [-0.3, -0.25) is 19.2 Å². The molecule has 0 aliphatic heterocycles. The van der Waals surface area contributed by atoms with Gasteiger partial charge >= 0.3 is 11.9 Å². The molecule has 0 rings (SSSR count). The van der Waals surface area contributed by atoms with E-state index in [0.717, 1.165) is 6.42 Å². The highest BCUT2D eigenvalue weighted by atomic mass is 32.2. The molecule has 1 unspecified atom stereocenters. The van der Waals surface area contributed by atoms with Gasteiger partial charge in [0.05, 0.1) is 5.92 Å². The fraction of sp³-hybridized carbons (Fsp3) is 0.778. The van der Waals surface area contributed by atoms with Gasteiger partial charge in [-0.05, 0) is 6.42 Å². The third kappa shape index (κ3) is 11.1. The van der Waals surface area contributed by atoms with E-state index in [2.05, 4.69) is 5.32 Å². The summed E-state index contributed by atoms with van der Waals surface area (Å²) >= 11 is 1.40. The van der Waals surface area contributed by atoms with Crippen LogP contribution < -0.4 is 5.32 Å². The number of hydrogen-bond acceptors (Lipinski definition) is 7. The molecule has 0 aromatic carbocycles. The van der Waals surface area contributed by atoms with Crippen LogP contribution in [0.5, 0.6) is 0 Å². The fourth-order valence-electron chi connectivity index (χ4n) is 2.10. The van der Waals surface area contributed by atoms with Gasteiger partial charge in [0.2, 0.25) is 5.91 Å². The molecule has 26 heavy (non-hydrogen) atoms. The molecule has 0 saturated heterocycles. The van der Waals surface area contributed by atoms with E-state index >= 15 is 0 Å². The van der Waals surface area contributed by atoms with Crippen molar-refractivity contribution in [1.82, 2.24) is 5.32 Å². The van der Waals surface area contributed by atoms with Crippen molar-refractivity contribution in [2.24, 2.45) is 5.92 Å². The number of ether oxygens (including phenoxy) is 2. The van der Waals surface area contributed by atoms with Crippen LogP contribution in [0.1, 0.15) is 52.9 Å². The second kappa shape index (κ2) is 14.6. The summed E-state index contributed by atoms with van der Waals surface area (Å²) in [5, 5.41) is 2.58. The first kappa shape index (κ1) is 24.4. The van der Waals surface area contributed by atoms with E-state index < -0.39 is 12.0 Å². The number of thioether (sulfide) groups is 1. The topological polar surface area (TPSA) is 98.8 Å². The first-order chi connectivity index (χ1) is 12.4. The number of hydrogen-bond donors (Lipinski definition) is 1. The number of nitrogens with one attached hydrogen (secondary N) is 1. The molecule has 0 aromatic heterocycles. The molecule has 0 heterocycles. The van der Waals surface area contributed by atoms with Crippen LogP contribution in [-0.4, -0.2) is 54.9 Å². The predicted molar refractivity (Wildman–Crippen MR) is 101 cm³/mol. The average Bonchev–Trinajstić information content (AvgIpc) is 2.63. The molecule has 150 valence electrons. The third-order valence-corrected chi connectivity index (χ3v) is 4.79. The fourth-order valence-corrected chi connectivity index (χ4v) is 3.22. The molecule has 7 nitrogen and oxygen atoms in total. The van der Waals surface area contributed by atoms with Gasteiger partial charge in [0.1, 0.15) is 18.5 Å². The molecular formula is C18H31NO6S. The van der Waals surface area contributed by atoms with Crippen molar-refractivity contribution in [3.8, 4) is 0 Å². The monoisotopic (exact) mass is 389 g/mol. The maximum atomic E-state index is 12.0. The van der Waals surface area contributed by atoms with Gasteiger partial charge in [-0.2, -0.15) is 11.8 Å². The Morgan fingerprint density at radius 3 is 2.19 bits per heavy atom. The largest absolute Gasteiger partial charge is 0.462 e. The van der Waals surface area contributed by atoms with E-state index in [-0.39, 0.29) is 49.5 Å². The van der Waals surface area contributed by atoms with E-state index in [9.17, 15) is 19.2 Å². The number of rotatable bonds is 14. The maximum absolute atomic E-state index is 12.0. The van der Waals surface area contributed by atoms with E-state index in [4.69, 9.17) is 9.47 Å². The molecule has 2 atom stereocenters. The summed E-state index contributed by atoms with van der Waals surface area (Å²) in [6.07, 6.45) is 1.33. The first-order valence-electron chi connectivity index (χ1n) is 9.03. The zero-order valence-corrected chi connectivity index (χ0v) is 17.0.